The molecule has 2 fully saturated rings. The fraction of sp³-hybridized carbons (Fsp3) is 0.659. The number of ketones is 2. The van der Waals surface area contributed by atoms with Gasteiger partial charge in [-0.3, -0.25) is 19.4 Å². The largest absolute Gasteiger partial charge is 0.459 e. The maximum atomic E-state index is 14.3. The molecule has 12 nitrogen and oxygen atoms in total. The average molecular weight is 741 g/mol. The van der Waals surface area contributed by atoms with Crippen molar-refractivity contribution in [1.29, 1.82) is 0 Å². The summed E-state index contributed by atoms with van der Waals surface area (Å²) in [5, 5.41) is 35.3. The number of hydrogen-bond acceptors (Lipinski definition) is 12. The van der Waals surface area contributed by atoms with Crippen molar-refractivity contribution in [3.05, 3.63) is 48.2 Å². The molecule has 2 aromatic rings. The summed E-state index contributed by atoms with van der Waals surface area (Å²) in [5.41, 5.74) is -1.66. The maximum Gasteiger partial charge on any atom is 0.316 e. The van der Waals surface area contributed by atoms with Crippen molar-refractivity contribution in [2.75, 3.05) is 20.7 Å². The molecule has 0 radical (unpaired) electrons. The zero-order valence-electron chi connectivity index (χ0n) is 32.9. The fourth-order valence-electron chi connectivity index (χ4n) is 7.98. The molecule has 294 valence electrons. The van der Waals surface area contributed by atoms with E-state index in [1.807, 2.05) is 68.4 Å². The van der Waals surface area contributed by atoms with Gasteiger partial charge in [0.05, 0.1) is 36.0 Å². The Morgan fingerprint density at radius 1 is 1.02 bits per heavy atom. The summed E-state index contributed by atoms with van der Waals surface area (Å²) in [6.07, 6.45) is -0.314. The molecule has 12 heteroatoms. The monoisotopic (exact) mass is 740 g/mol. The summed E-state index contributed by atoms with van der Waals surface area (Å²) in [6.45, 7) is 13.0. The number of carbonyl (C=O) groups excluding carboxylic acids is 3. The molecule has 4 rings (SSSR count). The highest BCUT2D eigenvalue weighted by Crippen LogP contribution is 2.38. The van der Waals surface area contributed by atoms with Crippen LogP contribution in [0.3, 0.4) is 0 Å². The normalized spacial score (nSPS) is 38.3. The van der Waals surface area contributed by atoms with E-state index in [9.17, 15) is 29.7 Å². The number of likely N-dealkylation sites (N-methyl/N-ethyl adjacent to an activating group) is 1. The van der Waals surface area contributed by atoms with Crippen LogP contribution in [0, 0.1) is 23.7 Å². The third-order valence-electron chi connectivity index (χ3n) is 11.3. The Morgan fingerprint density at radius 3 is 2.36 bits per heavy atom. The molecule has 13 atom stereocenters. The predicted octanol–water partition coefficient (Wildman–Crippen LogP) is 4.35. The third kappa shape index (κ3) is 9.59. The summed E-state index contributed by atoms with van der Waals surface area (Å²) in [7, 11) is 3.72. The van der Waals surface area contributed by atoms with Gasteiger partial charge < -0.3 is 39.2 Å². The summed E-state index contributed by atoms with van der Waals surface area (Å²) >= 11 is 0. The smallest absolute Gasteiger partial charge is 0.316 e. The second kappa shape index (κ2) is 17.6. The third-order valence-corrected chi connectivity index (χ3v) is 11.3. The van der Waals surface area contributed by atoms with Crippen molar-refractivity contribution in [3.8, 4) is 0 Å². The number of fused-ring (bicyclic) bond motifs is 1. The average Bonchev–Trinajstić information content (AvgIpc) is 3.12. The molecule has 3 heterocycles. The van der Waals surface area contributed by atoms with Gasteiger partial charge in [-0.1, -0.05) is 58.0 Å². The first-order valence-corrected chi connectivity index (χ1v) is 18.8. The minimum absolute atomic E-state index is 0.0319. The zero-order valence-corrected chi connectivity index (χ0v) is 32.9. The molecule has 1 aromatic carbocycles. The van der Waals surface area contributed by atoms with Crippen LogP contribution in [0.2, 0.25) is 0 Å². The van der Waals surface area contributed by atoms with Crippen LogP contribution < -0.4 is 0 Å². The van der Waals surface area contributed by atoms with Crippen LogP contribution in [0.25, 0.3) is 17.0 Å². The maximum absolute atomic E-state index is 14.3. The molecule has 0 unspecified atom stereocenters. The van der Waals surface area contributed by atoms with Gasteiger partial charge in [0.25, 0.3) is 0 Å². The number of aliphatic hydroxyl groups is 3. The molecule has 2 aliphatic heterocycles. The van der Waals surface area contributed by atoms with Gasteiger partial charge in [0.2, 0.25) is 0 Å². The molecular weight excluding hydrogens is 680 g/mol. The Kier molecular flexibility index (Phi) is 14.1. The van der Waals surface area contributed by atoms with E-state index in [0.717, 1.165) is 16.5 Å². The second-order valence-electron chi connectivity index (χ2n) is 15.8. The number of cyclic esters (lactones) is 1. The molecule has 2 aliphatic rings. The molecule has 0 amide bonds. The predicted molar refractivity (Wildman–Crippen MR) is 201 cm³/mol. The Bertz CT molecular complexity index is 1610. The molecule has 0 bridgehead atoms. The number of pyridine rings is 1. The summed E-state index contributed by atoms with van der Waals surface area (Å²) in [5.74, 6) is -5.87. The Morgan fingerprint density at radius 2 is 1.70 bits per heavy atom. The van der Waals surface area contributed by atoms with E-state index in [-0.39, 0.29) is 37.4 Å². The van der Waals surface area contributed by atoms with Gasteiger partial charge in [-0.05, 0) is 78.7 Å². The van der Waals surface area contributed by atoms with Crippen molar-refractivity contribution in [1.82, 2.24) is 9.88 Å². The minimum atomic E-state index is -1.99. The lowest BCUT2D eigenvalue weighted by Crippen LogP contribution is -2.60. The molecule has 1 aromatic heterocycles. The number of rotatable bonds is 8. The van der Waals surface area contributed by atoms with Crippen LogP contribution >= 0.6 is 0 Å². The topological polar surface area (TPSA) is 165 Å². The number of esters is 1. The van der Waals surface area contributed by atoms with Crippen molar-refractivity contribution in [3.63, 3.8) is 0 Å². The number of aromatic nitrogens is 1. The summed E-state index contributed by atoms with van der Waals surface area (Å²) < 4.78 is 25.2. The second-order valence-corrected chi connectivity index (χ2v) is 15.8. The van der Waals surface area contributed by atoms with Crippen molar-refractivity contribution in [2.24, 2.45) is 23.7 Å². The summed E-state index contributed by atoms with van der Waals surface area (Å²) in [6, 6.07) is 9.47. The van der Waals surface area contributed by atoms with Gasteiger partial charge in [-0.15, -0.1) is 0 Å². The van der Waals surface area contributed by atoms with Crippen molar-refractivity contribution < 1.29 is 48.7 Å². The molecule has 53 heavy (non-hydrogen) atoms. The van der Waals surface area contributed by atoms with E-state index in [4.69, 9.17) is 18.9 Å². The lowest BCUT2D eigenvalue weighted by atomic mass is 9.74. The number of para-hydroxylation sites is 1. The fourth-order valence-corrected chi connectivity index (χ4v) is 7.98. The van der Waals surface area contributed by atoms with Crippen LogP contribution in [-0.2, 0) is 33.3 Å². The minimum Gasteiger partial charge on any atom is -0.459 e. The van der Waals surface area contributed by atoms with E-state index in [2.05, 4.69) is 4.98 Å². The number of hydrogen-bond donors (Lipinski definition) is 3. The first-order chi connectivity index (χ1) is 24.8. The van der Waals surface area contributed by atoms with Gasteiger partial charge in [0.1, 0.15) is 29.5 Å². The van der Waals surface area contributed by atoms with E-state index >= 15 is 0 Å². The van der Waals surface area contributed by atoms with Gasteiger partial charge >= 0.3 is 5.97 Å². The Labute approximate surface area is 313 Å². The van der Waals surface area contributed by atoms with Crippen molar-refractivity contribution in [2.45, 2.75) is 129 Å². The van der Waals surface area contributed by atoms with Gasteiger partial charge in [0.15, 0.2) is 12.1 Å². The highest BCUT2D eigenvalue weighted by Gasteiger charge is 2.52. The summed E-state index contributed by atoms with van der Waals surface area (Å²) in [4.78, 5) is 48.3. The Balaban J connectivity index is 1.78. The number of ether oxygens (including phenoxy) is 4. The highest BCUT2D eigenvalue weighted by atomic mass is 16.7. The lowest BCUT2D eigenvalue weighted by Gasteiger charge is -2.47. The SMILES string of the molecule is CC[C@H]1OC(=O)[C@H](C)C(=O)[C@H](C)[C@@H](O[C@@H]2O[C@H](C)C[C@H](N(C)C)[C@H]2O)[C@@](C)(OC/C=C/c2cnc3ccccc3c2)C[C@@H](C)C(=O)[C@H](C)[C@@H](O)[C@]1(C)O. The van der Waals surface area contributed by atoms with Crippen LogP contribution in [0.1, 0.15) is 80.2 Å². The van der Waals surface area contributed by atoms with Crippen LogP contribution in [0.4, 0.5) is 0 Å². The van der Waals surface area contributed by atoms with Gasteiger partial charge in [0, 0.05) is 35.4 Å². The molecule has 0 saturated carbocycles. The number of aliphatic hydroxyl groups excluding tert-OH is 2. The highest BCUT2D eigenvalue weighted by molar-refractivity contribution is 6.00. The first kappa shape index (κ1) is 42.6. The first-order valence-electron chi connectivity index (χ1n) is 18.8. The molecule has 0 aliphatic carbocycles. The van der Waals surface area contributed by atoms with Crippen LogP contribution in [0.15, 0.2) is 42.6 Å². The van der Waals surface area contributed by atoms with E-state index in [1.54, 1.807) is 33.9 Å². The van der Waals surface area contributed by atoms with E-state index in [1.165, 1.54) is 20.8 Å². The molecule has 3 N–H and O–H groups in total. The Hall–Kier alpha value is -3.10. The number of nitrogens with zero attached hydrogens (tertiary/aromatic N) is 2. The quantitative estimate of drug-likeness (QED) is 0.259. The lowest BCUT2D eigenvalue weighted by molar-refractivity contribution is -0.296. The number of benzene rings is 1. The molecular formula is C41H60N2O10. The van der Waals surface area contributed by atoms with Crippen LogP contribution in [0.5, 0.6) is 0 Å². The standard InChI is InChI=1S/C41H60N2O10/c1-11-32-41(8,49)36(47)25(4)33(44)23(2)21-40(7,50-18-14-15-28-20-29-16-12-13-17-30(29)42-22-28)37(26(5)34(45)27(6)38(48)52-32)53-39-35(46)31(43(9)10)19-24(3)51-39/h12-17,20,22-27,31-32,35-37,39,46-47,49H,11,18-19,21H2,1-10H3/b15-14+/t23-,24-,25+,26+,27-,31+,32-,35-,36-,37-,39+,40+,41-/m1/s1. The van der Waals surface area contributed by atoms with Crippen LogP contribution in [-0.4, -0.2) is 117 Å². The van der Waals surface area contributed by atoms with E-state index < -0.39 is 77.3 Å². The van der Waals surface area contributed by atoms with Gasteiger partial charge in [-0.2, -0.15) is 0 Å². The molecule has 0 spiro atoms. The number of carbonyl (C=O) groups is 3. The van der Waals surface area contributed by atoms with E-state index in [0.29, 0.717) is 6.42 Å². The zero-order chi connectivity index (χ0) is 39.4. The van der Waals surface area contributed by atoms with Gasteiger partial charge in [-0.25, -0.2) is 0 Å². The number of Topliss-reactive ketones (excluding diaryl/α,β-unsaturated/α-hetero) is 2. The van der Waals surface area contributed by atoms with Crippen molar-refractivity contribution >= 4 is 34.5 Å². The molecule has 2 saturated heterocycles.